The number of aryl methyl sites for hydroxylation is 1. The molecule has 0 aromatic carbocycles. The molecule has 0 atom stereocenters. The van der Waals surface area contributed by atoms with E-state index in [0.29, 0.717) is 0 Å². The normalized spacial score (nSPS) is 10.0. The summed E-state index contributed by atoms with van der Waals surface area (Å²) in [5.41, 5.74) is 0. The number of rotatable bonds is 2. The summed E-state index contributed by atoms with van der Waals surface area (Å²) >= 11 is 0. The molecule has 0 amide bonds. The highest BCUT2D eigenvalue weighted by atomic mass is 15.0. The summed E-state index contributed by atoms with van der Waals surface area (Å²) in [6.45, 7) is 6.63. The van der Waals surface area contributed by atoms with Gasteiger partial charge in [-0.1, -0.05) is 6.92 Å². The van der Waals surface area contributed by atoms with Crippen LogP contribution in [-0.2, 0) is 13.0 Å². The van der Waals surface area contributed by atoms with Gasteiger partial charge in [-0.25, -0.2) is 4.98 Å². The van der Waals surface area contributed by atoms with Gasteiger partial charge in [-0.15, -0.1) is 0 Å². The maximum Gasteiger partial charge on any atom is 0.108 e. The van der Waals surface area contributed by atoms with Gasteiger partial charge < -0.3 is 4.57 Å². The zero-order valence-electron chi connectivity index (χ0n) is 5.67. The Bertz CT molecular complexity index is 160. The fraction of sp³-hybridized carbons (Fsp3) is 0.429. The summed E-state index contributed by atoms with van der Waals surface area (Å²) in [6.07, 6.45) is 4.75. The van der Waals surface area contributed by atoms with Gasteiger partial charge in [0, 0.05) is 25.4 Å². The Labute approximate surface area is 55.5 Å². The molecule has 1 radical (unpaired) electrons. The van der Waals surface area contributed by atoms with Crippen LogP contribution in [0.2, 0.25) is 0 Å². The Morgan fingerprint density at radius 3 is 3.00 bits per heavy atom. The molecule has 49 valence electrons. The van der Waals surface area contributed by atoms with E-state index in [2.05, 4.69) is 18.8 Å². The lowest BCUT2D eigenvalue weighted by molar-refractivity contribution is 0.745. The zero-order valence-corrected chi connectivity index (χ0v) is 5.67. The highest BCUT2D eigenvalue weighted by molar-refractivity contribution is 4.91. The van der Waals surface area contributed by atoms with Gasteiger partial charge in [0.05, 0.1) is 0 Å². The number of aromatic nitrogens is 2. The third-order valence-corrected chi connectivity index (χ3v) is 1.36. The first kappa shape index (κ1) is 6.33. The van der Waals surface area contributed by atoms with Crippen molar-refractivity contribution in [2.24, 2.45) is 0 Å². The van der Waals surface area contributed by atoms with Gasteiger partial charge in [-0.05, 0) is 6.92 Å². The maximum absolute atomic E-state index is 4.13. The smallest absolute Gasteiger partial charge is 0.108 e. The predicted molar refractivity (Wildman–Crippen MR) is 37.0 cm³/mol. The second kappa shape index (κ2) is 2.67. The average Bonchev–Trinajstić information content (AvgIpc) is 2.33. The van der Waals surface area contributed by atoms with Gasteiger partial charge in [0.15, 0.2) is 0 Å². The van der Waals surface area contributed by atoms with E-state index in [1.807, 2.05) is 17.0 Å². The molecular weight excluding hydrogens is 112 g/mol. The minimum atomic E-state index is 0.781. The second-order valence-corrected chi connectivity index (χ2v) is 1.89. The molecule has 1 aromatic heterocycles. The van der Waals surface area contributed by atoms with Gasteiger partial charge in [0.1, 0.15) is 5.82 Å². The van der Waals surface area contributed by atoms with Crippen LogP contribution < -0.4 is 0 Å². The molecule has 0 spiro atoms. The lowest BCUT2D eigenvalue weighted by Gasteiger charge is -1.98. The summed E-state index contributed by atoms with van der Waals surface area (Å²) in [6, 6.07) is 0. The van der Waals surface area contributed by atoms with Crippen LogP contribution in [0.3, 0.4) is 0 Å². The van der Waals surface area contributed by atoms with Crippen molar-refractivity contribution in [1.82, 2.24) is 9.55 Å². The maximum atomic E-state index is 4.13. The molecule has 2 heteroatoms. The zero-order chi connectivity index (χ0) is 6.69. The molecule has 0 bridgehead atoms. The average molecular weight is 123 g/mol. The van der Waals surface area contributed by atoms with Crippen LogP contribution in [0.25, 0.3) is 0 Å². The minimum Gasteiger partial charge on any atom is -0.335 e. The summed E-state index contributed by atoms with van der Waals surface area (Å²) in [5.74, 6) is 1.12. The molecule has 1 rings (SSSR count). The molecule has 1 heterocycles. The molecule has 1 aromatic rings. The highest BCUT2D eigenvalue weighted by Gasteiger charge is 1.94. The predicted octanol–water partition coefficient (Wildman–Crippen LogP) is 1.28. The van der Waals surface area contributed by atoms with E-state index < -0.39 is 0 Å². The van der Waals surface area contributed by atoms with E-state index in [9.17, 15) is 0 Å². The molecule has 0 fully saturated rings. The van der Waals surface area contributed by atoms with Crippen molar-refractivity contribution in [3.8, 4) is 0 Å². The van der Waals surface area contributed by atoms with E-state index in [-0.39, 0.29) is 0 Å². The second-order valence-electron chi connectivity index (χ2n) is 1.89. The third kappa shape index (κ3) is 1.12. The van der Waals surface area contributed by atoms with Crippen LogP contribution in [0.1, 0.15) is 12.7 Å². The number of nitrogens with zero attached hydrogens (tertiary/aromatic N) is 2. The van der Waals surface area contributed by atoms with E-state index in [4.69, 9.17) is 0 Å². The van der Waals surface area contributed by atoms with E-state index in [1.54, 1.807) is 0 Å². The van der Waals surface area contributed by atoms with Crippen molar-refractivity contribution in [3.05, 3.63) is 25.1 Å². The molecular formula is C7H11N2. The first-order chi connectivity index (χ1) is 4.38. The fourth-order valence-electron chi connectivity index (χ4n) is 0.858. The topological polar surface area (TPSA) is 17.8 Å². The fourth-order valence-corrected chi connectivity index (χ4v) is 0.858. The molecule has 2 nitrogen and oxygen atoms in total. The van der Waals surface area contributed by atoms with Gasteiger partial charge >= 0.3 is 0 Å². The first-order valence-electron chi connectivity index (χ1n) is 3.17. The van der Waals surface area contributed by atoms with Crippen molar-refractivity contribution in [2.45, 2.75) is 19.9 Å². The Morgan fingerprint density at radius 1 is 1.78 bits per heavy atom. The van der Waals surface area contributed by atoms with Crippen LogP contribution >= 0.6 is 0 Å². The van der Waals surface area contributed by atoms with Crippen LogP contribution in [0.15, 0.2) is 12.4 Å². The van der Waals surface area contributed by atoms with Gasteiger partial charge in [-0.2, -0.15) is 0 Å². The summed E-state index contributed by atoms with van der Waals surface area (Å²) in [7, 11) is 0. The molecule has 0 unspecified atom stereocenters. The third-order valence-electron chi connectivity index (χ3n) is 1.36. The van der Waals surface area contributed by atoms with Crippen LogP contribution in [0.5, 0.6) is 0 Å². The van der Waals surface area contributed by atoms with Crippen molar-refractivity contribution in [2.75, 3.05) is 0 Å². The number of hydrogen-bond donors (Lipinski definition) is 0. The molecule has 0 saturated heterocycles. The van der Waals surface area contributed by atoms with Crippen molar-refractivity contribution < 1.29 is 0 Å². The van der Waals surface area contributed by atoms with E-state index in [1.165, 1.54) is 0 Å². The lowest BCUT2D eigenvalue weighted by Crippen LogP contribution is -1.98. The van der Waals surface area contributed by atoms with Crippen molar-refractivity contribution in [3.63, 3.8) is 0 Å². The van der Waals surface area contributed by atoms with Gasteiger partial charge in [-0.3, -0.25) is 0 Å². The molecule has 0 saturated carbocycles. The van der Waals surface area contributed by atoms with Gasteiger partial charge in [0.2, 0.25) is 0 Å². The largest absolute Gasteiger partial charge is 0.335 e. The first-order valence-corrected chi connectivity index (χ1v) is 3.17. The molecule has 9 heavy (non-hydrogen) atoms. The Morgan fingerprint density at radius 2 is 2.56 bits per heavy atom. The Hall–Kier alpha value is -0.790. The Balaban J connectivity index is 2.85. The molecule has 0 N–H and O–H groups in total. The SMILES string of the molecule is [CH2]Cn1ccnc1CC. The van der Waals surface area contributed by atoms with E-state index in [0.717, 1.165) is 18.8 Å². The molecule has 0 aliphatic carbocycles. The van der Waals surface area contributed by atoms with E-state index >= 15 is 0 Å². The summed E-state index contributed by atoms with van der Waals surface area (Å²) in [5, 5.41) is 0. The summed E-state index contributed by atoms with van der Waals surface area (Å²) < 4.78 is 2.04. The molecule has 0 aliphatic heterocycles. The number of hydrogen-bond acceptors (Lipinski definition) is 1. The molecule has 0 aliphatic rings. The summed E-state index contributed by atoms with van der Waals surface area (Å²) in [4.78, 5) is 4.13. The van der Waals surface area contributed by atoms with Gasteiger partial charge in [0.25, 0.3) is 0 Å². The van der Waals surface area contributed by atoms with Crippen molar-refractivity contribution >= 4 is 0 Å². The monoisotopic (exact) mass is 123 g/mol. The standard InChI is InChI=1S/C7H11N2/c1-3-7-8-5-6-9(7)4-2/h5-6H,2-4H2,1H3. The van der Waals surface area contributed by atoms with Crippen LogP contribution in [-0.4, -0.2) is 9.55 Å². The van der Waals surface area contributed by atoms with Crippen molar-refractivity contribution in [1.29, 1.82) is 0 Å². The van der Waals surface area contributed by atoms with Crippen LogP contribution in [0.4, 0.5) is 0 Å². The Kier molecular flexibility index (Phi) is 1.88. The lowest BCUT2D eigenvalue weighted by atomic mass is 10.4. The van der Waals surface area contributed by atoms with Crippen LogP contribution in [0, 0.1) is 6.92 Å². The highest BCUT2D eigenvalue weighted by Crippen LogP contribution is 1.96. The minimum absolute atomic E-state index is 0.781. The quantitative estimate of drug-likeness (QED) is 0.579. The number of imidazole rings is 1.